The average molecular weight is 183 g/mol. The minimum Gasteiger partial charge on any atom is -0.468 e. The molecule has 13 heavy (non-hydrogen) atoms. The Morgan fingerprint density at radius 1 is 1.62 bits per heavy atom. The van der Waals surface area contributed by atoms with Crippen LogP contribution in [0.15, 0.2) is 24.3 Å². The van der Waals surface area contributed by atoms with Gasteiger partial charge in [-0.15, -0.1) is 0 Å². The Morgan fingerprint density at radius 2 is 2.38 bits per heavy atom. The molecule has 70 valence electrons. The Labute approximate surface area is 75.5 Å². The second kappa shape index (κ2) is 4.45. The van der Waals surface area contributed by atoms with E-state index >= 15 is 0 Å². The van der Waals surface area contributed by atoms with Crippen LogP contribution in [0.3, 0.4) is 0 Å². The van der Waals surface area contributed by atoms with Crippen molar-refractivity contribution in [3.63, 3.8) is 0 Å². The van der Waals surface area contributed by atoms with Crippen LogP contribution in [0, 0.1) is 5.82 Å². The molecule has 0 atom stereocenters. The minimum absolute atomic E-state index is 0.0416. The van der Waals surface area contributed by atoms with Crippen molar-refractivity contribution in [3.8, 4) is 0 Å². The molecular weight excluding hydrogens is 173 g/mol. The Bertz CT molecular complexity index is 301. The Balaban J connectivity index is 2.50. The molecule has 0 aromatic heterocycles. The van der Waals surface area contributed by atoms with Crippen molar-refractivity contribution in [3.05, 3.63) is 30.1 Å². The van der Waals surface area contributed by atoms with Gasteiger partial charge in [-0.05, 0) is 18.2 Å². The summed E-state index contributed by atoms with van der Waals surface area (Å²) < 4.78 is 17.0. The summed E-state index contributed by atoms with van der Waals surface area (Å²) in [5.41, 5.74) is 0.561. The van der Waals surface area contributed by atoms with Crippen LogP contribution in [-0.2, 0) is 9.53 Å². The van der Waals surface area contributed by atoms with Gasteiger partial charge in [0, 0.05) is 5.69 Å². The fourth-order valence-electron chi connectivity index (χ4n) is 0.845. The van der Waals surface area contributed by atoms with Gasteiger partial charge in [0.05, 0.1) is 7.11 Å². The van der Waals surface area contributed by atoms with Crippen molar-refractivity contribution in [1.29, 1.82) is 0 Å². The molecule has 3 nitrogen and oxygen atoms in total. The second-order valence-corrected chi connectivity index (χ2v) is 2.44. The highest BCUT2D eigenvalue weighted by Gasteiger charge is 1.99. The lowest BCUT2D eigenvalue weighted by atomic mass is 10.3. The number of anilines is 1. The lowest BCUT2D eigenvalue weighted by molar-refractivity contribution is -0.138. The molecule has 0 amide bonds. The number of nitrogens with one attached hydrogen (secondary N) is 1. The van der Waals surface area contributed by atoms with E-state index in [9.17, 15) is 9.18 Å². The number of carbonyl (C=O) groups excluding carboxylic acids is 1. The number of rotatable bonds is 3. The maximum absolute atomic E-state index is 12.6. The number of hydrogen-bond acceptors (Lipinski definition) is 3. The molecule has 0 aliphatic heterocycles. The van der Waals surface area contributed by atoms with E-state index in [0.717, 1.165) is 0 Å². The summed E-state index contributed by atoms with van der Waals surface area (Å²) in [6.07, 6.45) is 0. The number of carbonyl (C=O) groups is 1. The molecule has 0 aliphatic carbocycles. The molecule has 0 unspecified atom stereocenters. The molecule has 0 saturated carbocycles. The maximum atomic E-state index is 12.6. The van der Waals surface area contributed by atoms with Crippen molar-refractivity contribution in [1.82, 2.24) is 0 Å². The molecule has 0 fully saturated rings. The zero-order valence-corrected chi connectivity index (χ0v) is 7.21. The third-order valence-electron chi connectivity index (χ3n) is 1.49. The standard InChI is InChI=1S/C9H10FNO2/c1-13-9(12)6-11-8-4-2-3-7(10)5-8/h2-5,11H,6H2,1H3. The smallest absolute Gasteiger partial charge is 0.325 e. The van der Waals surface area contributed by atoms with Crippen molar-refractivity contribution in [2.75, 3.05) is 19.0 Å². The summed E-state index contributed by atoms with van der Waals surface area (Å²) in [4.78, 5) is 10.7. The monoisotopic (exact) mass is 183 g/mol. The van der Waals surface area contributed by atoms with Crippen LogP contribution < -0.4 is 5.32 Å². The fourth-order valence-corrected chi connectivity index (χ4v) is 0.845. The van der Waals surface area contributed by atoms with Gasteiger partial charge in [-0.1, -0.05) is 6.07 Å². The molecular formula is C9H10FNO2. The predicted octanol–water partition coefficient (Wildman–Crippen LogP) is 1.41. The zero-order valence-electron chi connectivity index (χ0n) is 7.21. The number of esters is 1. The molecule has 0 heterocycles. The highest BCUT2D eigenvalue weighted by molar-refractivity contribution is 5.74. The van der Waals surface area contributed by atoms with E-state index in [4.69, 9.17) is 0 Å². The van der Waals surface area contributed by atoms with Gasteiger partial charge in [-0.3, -0.25) is 4.79 Å². The number of hydrogen-bond donors (Lipinski definition) is 1. The van der Waals surface area contributed by atoms with Crippen molar-refractivity contribution in [2.24, 2.45) is 0 Å². The van der Waals surface area contributed by atoms with Crippen molar-refractivity contribution in [2.45, 2.75) is 0 Å². The molecule has 1 N–H and O–H groups in total. The molecule has 1 aromatic carbocycles. The number of benzene rings is 1. The summed E-state index contributed by atoms with van der Waals surface area (Å²) in [7, 11) is 1.30. The van der Waals surface area contributed by atoms with Crippen molar-refractivity contribution < 1.29 is 13.9 Å². The first-order valence-electron chi connectivity index (χ1n) is 3.78. The van der Waals surface area contributed by atoms with Gasteiger partial charge in [0.25, 0.3) is 0 Å². The number of ether oxygens (including phenoxy) is 1. The maximum Gasteiger partial charge on any atom is 0.325 e. The molecule has 4 heteroatoms. The van der Waals surface area contributed by atoms with Gasteiger partial charge < -0.3 is 10.1 Å². The van der Waals surface area contributed by atoms with Crippen LogP contribution in [-0.4, -0.2) is 19.6 Å². The predicted molar refractivity (Wildman–Crippen MR) is 46.9 cm³/mol. The lowest BCUT2D eigenvalue weighted by Gasteiger charge is -2.03. The Morgan fingerprint density at radius 3 is 3.00 bits per heavy atom. The molecule has 0 spiro atoms. The van der Waals surface area contributed by atoms with Crippen molar-refractivity contribution >= 4 is 11.7 Å². The van der Waals surface area contributed by atoms with Crippen LogP contribution in [0.25, 0.3) is 0 Å². The van der Waals surface area contributed by atoms with Crippen LogP contribution in [0.4, 0.5) is 10.1 Å². The van der Waals surface area contributed by atoms with Gasteiger partial charge in [0.1, 0.15) is 12.4 Å². The third kappa shape index (κ3) is 3.11. The molecule has 0 bridgehead atoms. The Kier molecular flexibility index (Phi) is 3.25. The zero-order chi connectivity index (χ0) is 9.68. The van der Waals surface area contributed by atoms with Crippen LogP contribution >= 0.6 is 0 Å². The SMILES string of the molecule is COC(=O)CNc1cccc(F)c1. The van der Waals surface area contributed by atoms with E-state index in [1.165, 1.54) is 19.2 Å². The average Bonchev–Trinajstić information content (AvgIpc) is 2.14. The van der Waals surface area contributed by atoms with Gasteiger partial charge in [0.2, 0.25) is 0 Å². The highest BCUT2D eigenvalue weighted by Crippen LogP contribution is 2.08. The minimum atomic E-state index is -0.385. The first-order chi connectivity index (χ1) is 6.22. The van der Waals surface area contributed by atoms with Crippen LogP contribution in [0.2, 0.25) is 0 Å². The second-order valence-electron chi connectivity index (χ2n) is 2.44. The number of methoxy groups -OCH3 is 1. The highest BCUT2D eigenvalue weighted by atomic mass is 19.1. The van der Waals surface area contributed by atoms with E-state index < -0.39 is 0 Å². The summed E-state index contributed by atoms with van der Waals surface area (Å²) in [5, 5.41) is 2.72. The molecule has 0 saturated heterocycles. The first-order valence-corrected chi connectivity index (χ1v) is 3.78. The van der Waals surface area contributed by atoms with Gasteiger partial charge in [0.15, 0.2) is 0 Å². The van der Waals surface area contributed by atoms with E-state index in [1.54, 1.807) is 12.1 Å². The van der Waals surface area contributed by atoms with E-state index in [0.29, 0.717) is 5.69 Å². The van der Waals surface area contributed by atoms with E-state index in [-0.39, 0.29) is 18.3 Å². The summed E-state index contributed by atoms with van der Waals surface area (Å²) in [6, 6.07) is 5.88. The lowest BCUT2D eigenvalue weighted by Crippen LogP contribution is -2.14. The Hall–Kier alpha value is -1.58. The van der Waals surface area contributed by atoms with E-state index in [2.05, 4.69) is 10.1 Å². The molecule has 0 radical (unpaired) electrons. The van der Waals surface area contributed by atoms with Crippen LogP contribution in [0.1, 0.15) is 0 Å². The first kappa shape index (κ1) is 9.51. The van der Waals surface area contributed by atoms with Gasteiger partial charge in [-0.2, -0.15) is 0 Å². The number of halogens is 1. The van der Waals surface area contributed by atoms with Gasteiger partial charge in [-0.25, -0.2) is 4.39 Å². The third-order valence-corrected chi connectivity index (χ3v) is 1.49. The normalized spacial score (nSPS) is 9.38. The summed E-state index contributed by atoms with van der Waals surface area (Å²) in [6.45, 7) is 0.0416. The molecule has 1 rings (SSSR count). The van der Waals surface area contributed by atoms with Crippen LogP contribution in [0.5, 0.6) is 0 Å². The quantitative estimate of drug-likeness (QED) is 0.720. The topological polar surface area (TPSA) is 38.3 Å². The molecule has 1 aromatic rings. The largest absolute Gasteiger partial charge is 0.468 e. The summed E-state index contributed by atoms with van der Waals surface area (Å²) in [5.74, 6) is -0.723. The van der Waals surface area contributed by atoms with Gasteiger partial charge >= 0.3 is 5.97 Å². The molecule has 0 aliphatic rings. The fraction of sp³-hybridized carbons (Fsp3) is 0.222. The van der Waals surface area contributed by atoms with E-state index in [1.807, 2.05) is 0 Å². The summed E-state index contributed by atoms with van der Waals surface area (Å²) >= 11 is 0.